The second kappa shape index (κ2) is 8.22. The molecule has 1 amide bonds. The van der Waals surface area contributed by atoms with Gasteiger partial charge in [0.2, 0.25) is 0 Å². The number of hydrogen-bond donors (Lipinski definition) is 0. The zero-order valence-electron chi connectivity index (χ0n) is 16.3. The average Bonchev–Trinajstić information content (AvgIpc) is 2.98. The normalized spacial score (nSPS) is 17.0. The summed E-state index contributed by atoms with van der Waals surface area (Å²) in [6.45, 7) is 4.57. The lowest BCUT2D eigenvalue weighted by molar-refractivity contribution is -0.122. The second-order valence-corrected chi connectivity index (χ2v) is 9.39. The minimum absolute atomic E-state index is 0.0309. The van der Waals surface area contributed by atoms with Crippen LogP contribution in [0.25, 0.3) is 0 Å². The Morgan fingerprint density at radius 3 is 2.46 bits per heavy atom. The Kier molecular flexibility index (Phi) is 5.93. The van der Waals surface area contributed by atoms with Crippen LogP contribution < -0.4 is 14.4 Å². The number of carbonyl (C=O) groups is 1. The maximum absolute atomic E-state index is 12.8. The molecule has 0 N–H and O–H groups in total. The molecule has 1 heterocycles. The molecule has 7 heteroatoms. The third-order valence-electron chi connectivity index (χ3n) is 4.64. The molecule has 0 saturated carbocycles. The summed E-state index contributed by atoms with van der Waals surface area (Å²) >= 11 is 0. The Labute approximate surface area is 166 Å². The predicted molar refractivity (Wildman–Crippen MR) is 109 cm³/mol. The van der Waals surface area contributed by atoms with Gasteiger partial charge in [0.25, 0.3) is 5.91 Å². The van der Waals surface area contributed by atoms with E-state index >= 15 is 0 Å². The van der Waals surface area contributed by atoms with Gasteiger partial charge in [0.15, 0.2) is 15.9 Å². The van der Waals surface area contributed by atoms with Crippen LogP contribution in [0.3, 0.4) is 0 Å². The van der Waals surface area contributed by atoms with Crippen molar-refractivity contribution in [3.63, 3.8) is 0 Å². The molecule has 6 nitrogen and oxygen atoms in total. The molecule has 1 saturated heterocycles. The van der Waals surface area contributed by atoms with E-state index in [0.29, 0.717) is 24.5 Å². The molecule has 2 aromatic carbocycles. The van der Waals surface area contributed by atoms with Crippen LogP contribution in [-0.2, 0) is 14.6 Å². The topological polar surface area (TPSA) is 72.9 Å². The summed E-state index contributed by atoms with van der Waals surface area (Å²) in [7, 11) is -3.06. The van der Waals surface area contributed by atoms with Gasteiger partial charge in [-0.3, -0.25) is 4.79 Å². The first kappa shape index (κ1) is 20.2. The first-order valence-corrected chi connectivity index (χ1v) is 11.2. The number of amides is 1. The highest BCUT2D eigenvalue weighted by molar-refractivity contribution is 7.90. The summed E-state index contributed by atoms with van der Waals surface area (Å²) in [4.78, 5) is 14.5. The first-order chi connectivity index (χ1) is 13.2. The molecule has 1 aliphatic rings. The molecule has 3 rings (SSSR count). The number of sulfone groups is 1. The number of anilines is 1. The number of rotatable bonds is 7. The van der Waals surface area contributed by atoms with Gasteiger partial charge in [-0.05, 0) is 49.7 Å². The summed E-state index contributed by atoms with van der Waals surface area (Å²) in [5.41, 5.74) is 2.77. The van der Waals surface area contributed by atoms with Crippen LogP contribution >= 0.6 is 0 Å². The van der Waals surface area contributed by atoms with Crippen molar-refractivity contribution in [3.8, 4) is 11.5 Å². The molecule has 1 unspecified atom stereocenters. The van der Waals surface area contributed by atoms with E-state index in [0.717, 1.165) is 16.8 Å². The van der Waals surface area contributed by atoms with Crippen molar-refractivity contribution >= 4 is 21.4 Å². The fourth-order valence-corrected chi connectivity index (χ4v) is 3.45. The van der Waals surface area contributed by atoms with Gasteiger partial charge in [0.05, 0.1) is 5.75 Å². The van der Waals surface area contributed by atoms with Gasteiger partial charge in [-0.25, -0.2) is 8.42 Å². The van der Waals surface area contributed by atoms with Crippen LogP contribution in [0.15, 0.2) is 42.5 Å². The number of nitrogens with zero attached hydrogens (tertiary/aromatic N) is 1. The Morgan fingerprint density at radius 1 is 1.11 bits per heavy atom. The lowest BCUT2D eigenvalue weighted by Gasteiger charge is -2.19. The van der Waals surface area contributed by atoms with Crippen LogP contribution in [0.5, 0.6) is 11.5 Å². The van der Waals surface area contributed by atoms with E-state index in [9.17, 15) is 13.2 Å². The molecule has 0 aliphatic carbocycles. The molecule has 28 heavy (non-hydrogen) atoms. The molecule has 0 aromatic heterocycles. The monoisotopic (exact) mass is 403 g/mol. The van der Waals surface area contributed by atoms with Crippen LogP contribution in [0.2, 0.25) is 0 Å². The summed E-state index contributed by atoms with van der Waals surface area (Å²) in [5, 5.41) is 0. The lowest BCUT2D eigenvalue weighted by Crippen LogP contribution is -2.32. The highest BCUT2D eigenvalue weighted by Crippen LogP contribution is 2.29. The Balaban J connectivity index is 1.64. The van der Waals surface area contributed by atoms with Crippen LogP contribution in [0.1, 0.15) is 17.5 Å². The minimum Gasteiger partial charge on any atom is -0.492 e. The third-order valence-corrected chi connectivity index (χ3v) is 5.55. The molecule has 0 radical (unpaired) electrons. The van der Waals surface area contributed by atoms with E-state index in [2.05, 4.69) is 0 Å². The van der Waals surface area contributed by atoms with E-state index in [1.807, 2.05) is 50.2 Å². The van der Waals surface area contributed by atoms with Crippen LogP contribution in [-0.4, -0.2) is 45.6 Å². The minimum atomic E-state index is -3.06. The predicted octanol–water partition coefficient (Wildman–Crippen LogP) is 2.91. The van der Waals surface area contributed by atoms with E-state index in [1.54, 1.807) is 11.0 Å². The van der Waals surface area contributed by atoms with Crippen molar-refractivity contribution in [1.29, 1.82) is 0 Å². The molecular formula is C21H25NO5S. The largest absolute Gasteiger partial charge is 0.492 e. The fourth-order valence-electron chi connectivity index (χ4n) is 3.07. The zero-order valence-corrected chi connectivity index (χ0v) is 17.2. The van der Waals surface area contributed by atoms with Crippen molar-refractivity contribution < 1.29 is 22.7 Å². The summed E-state index contributed by atoms with van der Waals surface area (Å²) in [5.74, 6) is 1.21. The van der Waals surface area contributed by atoms with Gasteiger partial charge >= 0.3 is 0 Å². The van der Waals surface area contributed by atoms with Crippen molar-refractivity contribution in [1.82, 2.24) is 0 Å². The Morgan fingerprint density at radius 2 is 1.82 bits per heavy atom. The zero-order chi connectivity index (χ0) is 20.3. The average molecular weight is 404 g/mol. The number of hydrogen-bond acceptors (Lipinski definition) is 5. The van der Waals surface area contributed by atoms with E-state index < -0.39 is 15.9 Å². The summed E-state index contributed by atoms with van der Waals surface area (Å²) in [6, 6.07) is 13.1. The number of carbonyl (C=O) groups excluding carboxylic acids is 1. The van der Waals surface area contributed by atoms with Gasteiger partial charge in [-0.1, -0.05) is 17.7 Å². The van der Waals surface area contributed by atoms with Crippen molar-refractivity contribution in [2.24, 2.45) is 0 Å². The molecule has 0 spiro atoms. The SMILES string of the molecule is Cc1ccc(OC2CCN(c3ccc(OCCS(C)(=O)=O)c(C)c3)C2=O)cc1. The second-order valence-electron chi connectivity index (χ2n) is 7.13. The van der Waals surface area contributed by atoms with Gasteiger partial charge in [0, 0.05) is 24.9 Å². The van der Waals surface area contributed by atoms with Gasteiger partial charge < -0.3 is 14.4 Å². The lowest BCUT2D eigenvalue weighted by atomic mass is 10.2. The molecule has 2 aromatic rings. The molecule has 1 aliphatic heterocycles. The van der Waals surface area contributed by atoms with Crippen molar-refractivity contribution in [2.75, 3.05) is 30.1 Å². The summed E-state index contributed by atoms with van der Waals surface area (Å²) < 4.78 is 33.8. The standard InChI is InChI=1S/C21H25NO5S/c1-15-4-7-18(8-5-15)27-20-10-11-22(21(20)23)17-6-9-19(16(2)14-17)26-12-13-28(3,24)25/h4-9,14,20H,10-13H2,1-3H3. The Bertz CT molecular complexity index is 953. The number of ether oxygens (including phenoxy) is 2. The van der Waals surface area contributed by atoms with Gasteiger partial charge in [0.1, 0.15) is 18.1 Å². The van der Waals surface area contributed by atoms with Crippen molar-refractivity contribution in [3.05, 3.63) is 53.6 Å². The Hall–Kier alpha value is -2.54. The van der Waals surface area contributed by atoms with Crippen LogP contribution in [0, 0.1) is 13.8 Å². The van der Waals surface area contributed by atoms with Crippen molar-refractivity contribution in [2.45, 2.75) is 26.4 Å². The highest BCUT2D eigenvalue weighted by Gasteiger charge is 2.34. The van der Waals surface area contributed by atoms with Gasteiger partial charge in [-0.2, -0.15) is 0 Å². The molecule has 0 bridgehead atoms. The number of aryl methyl sites for hydroxylation is 2. The highest BCUT2D eigenvalue weighted by atomic mass is 32.2. The maximum Gasteiger partial charge on any atom is 0.268 e. The van der Waals surface area contributed by atoms with E-state index in [1.165, 1.54) is 6.26 Å². The molecular weight excluding hydrogens is 378 g/mol. The molecule has 150 valence electrons. The summed E-state index contributed by atoms with van der Waals surface area (Å²) in [6.07, 6.45) is 1.31. The molecule has 1 fully saturated rings. The maximum atomic E-state index is 12.8. The van der Waals surface area contributed by atoms with Crippen LogP contribution in [0.4, 0.5) is 5.69 Å². The van der Waals surface area contributed by atoms with E-state index in [4.69, 9.17) is 9.47 Å². The first-order valence-electron chi connectivity index (χ1n) is 9.19. The fraction of sp³-hybridized carbons (Fsp3) is 0.381. The third kappa shape index (κ3) is 5.04. The quantitative estimate of drug-likeness (QED) is 0.711. The smallest absolute Gasteiger partial charge is 0.268 e. The van der Waals surface area contributed by atoms with Gasteiger partial charge in [-0.15, -0.1) is 0 Å². The van der Waals surface area contributed by atoms with E-state index in [-0.39, 0.29) is 18.3 Å². The number of benzene rings is 2. The molecule has 1 atom stereocenters.